The van der Waals surface area contributed by atoms with Crippen LogP contribution in [0.3, 0.4) is 0 Å². The molecule has 7 nitrogen and oxygen atoms in total. The van der Waals surface area contributed by atoms with E-state index in [9.17, 15) is 13.2 Å². The van der Waals surface area contributed by atoms with Gasteiger partial charge in [-0.25, -0.2) is 23.2 Å². The fourth-order valence-corrected chi connectivity index (χ4v) is 3.56. The number of halogens is 1. The van der Waals surface area contributed by atoms with Crippen molar-refractivity contribution in [2.45, 2.75) is 24.6 Å². The highest BCUT2D eigenvalue weighted by atomic mass is 35.5. The van der Waals surface area contributed by atoms with Crippen molar-refractivity contribution in [3.8, 4) is 0 Å². The number of rotatable bonds is 3. The summed E-state index contributed by atoms with van der Waals surface area (Å²) in [6, 6.07) is 9.42. The quantitative estimate of drug-likeness (QED) is 0.585. The number of fused-ring (bicyclic) bond motifs is 1. The van der Waals surface area contributed by atoms with Gasteiger partial charge in [0.15, 0.2) is 0 Å². The molecule has 0 bridgehead atoms. The van der Waals surface area contributed by atoms with Crippen LogP contribution in [0.5, 0.6) is 0 Å². The molecule has 1 aromatic carbocycles. The van der Waals surface area contributed by atoms with Gasteiger partial charge in [-0.05, 0) is 12.0 Å². The molecule has 2 heterocycles. The Labute approximate surface area is 156 Å². The van der Waals surface area contributed by atoms with Crippen molar-refractivity contribution < 1.29 is 17.9 Å². The van der Waals surface area contributed by atoms with Gasteiger partial charge in [-0.2, -0.15) is 0 Å². The Kier molecular flexibility index (Phi) is 5.43. The molecule has 0 unspecified atom stereocenters. The highest BCUT2D eigenvalue weighted by molar-refractivity contribution is 7.90. The van der Waals surface area contributed by atoms with Crippen molar-refractivity contribution in [2.75, 3.05) is 19.3 Å². The maximum absolute atomic E-state index is 12.3. The van der Waals surface area contributed by atoms with Crippen molar-refractivity contribution in [3.05, 3.63) is 52.3 Å². The zero-order valence-corrected chi connectivity index (χ0v) is 15.8. The summed E-state index contributed by atoms with van der Waals surface area (Å²) in [7, 11) is -3.55. The molecule has 1 aliphatic rings. The van der Waals surface area contributed by atoms with Gasteiger partial charge in [-0.3, -0.25) is 0 Å². The standard InChI is InChI=1S/C17H18ClN3O4S/c1-26(23,24)16-19-14-8-10-21(9-7-13(14)15(18)20-16)17(22)25-11-12-5-3-2-4-6-12/h2-6H,7-11H2,1H3. The lowest BCUT2D eigenvalue weighted by Gasteiger charge is -2.19. The zero-order chi connectivity index (χ0) is 18.7. The minimum absolute atomic E-state index is 0.120. The summed E-state index contributed by atoms with van der Waals surface area (Å²) in [5, 5.41) is -0.170. The van der Waals surface area contributed by atoms with E-state index < -0.39 is 15.9 Å². The van der Waals surface area contributed by atoms with Crippen LogP contribution in [0.15, 0.2) is 35.5 Å². The van der Waals surface area contributed by atoms with Gasteiger partial charge in [-0.1, -0.05) is 41.9 Å². The van der Waals surface area contributed by atoms with E-state index in [1.54, 1.807) is 4.90 Å². The molecule has 0 saturated heterocycles. The minimum Gasteiger partial charge on any atom is -0.445 e. The number of benzene rings is 1. The summed E-state index contributed by atoms with van der Waals surface area (Å²) in [6.07, 6.45) is 1.45. The van der Waals surface area contributed by atoms with E-state index in [1.807, 2.05) is 30.3 Å². The first-order valence-electron chi connectivity index (χ1n) is 8.05. The van der Waals surface area contributed by atoms with Crippen LogP contribution in [0, 0.1) is 0 Å². The van der Waals surface area contributed by atoms with Gasteiger partial charge in [0.25, 0.3) is 0 Å². The maximum atomic E-state index is 12.3. The molecule has 0 atom stereocenters. The third kappa shape index (κ3) is 4.31. The van der Waals surface area contributed by atoms with Crippen molar-refractivity contribution in [2.24, 2.45) is 0 Å². The van der Waals surface area contributed by atoms with E-state index >= 15 is 0 Å². The fraction of sp³-hybridized carbons (Fsp3) is 0.353. The number of ether oxygens (including phenoxy) is 1. The van der Waals surface area contributed by atoms with Crippen molar-refractivity contribution in [3.63, 3.8) is 0 Å². The van der Waals surface area contributed by atoms with E-state index in [0.29, 0.717) is 37.2 Å². The van der Waals surface area contributed by atoms with Crippen molar-refractivity contribution in [1.29, 1.82) is 0 Å². The summed E-state index contributed by atoms with van der Waals surface area (Å²) in [4.78, 5) is 21.9. The van der Waals surface area contributed by atoms with Crippen molar-refractivity contribution in [1.82, 2.24) is 14.9 Å². The molecule has 0 radical (unpaired) electrons. The number of hydrogen-bond acceptors (Lipinski definition) is 6. The largest absolute Gasteiger partial charge is 0.445 e. The molecule has 1 amide bonds. The lowest BCUT2D eigenvalue weighted by atomic mass is 10.1. The second-order valence-electron chi connectivity index (χ2n) is 6.02. The molecule has 26 heavy (non-hydrogen) atoms. The normalized spacial score (nSPS) is 14.5. The van der Waals surface area contributed by atoms with Crippen LogP contribution in [-0.4, -0.2) is 48.7 Å². The summed E-state index contributed by atoms with van der Waals surface area (Å²) < 4.78 is 28.7. The average Bonchev–Trinajstić information content (AvgIpc) is 2.83. The molecular weight excluding hydrogens is 378 g/mol. The second kappa shape index (κ2) is 7.59. The first-order chi connectivity index (χ1) is 12.3. The number of sulfone groups is 1. The molecule has 2 aromatic rings. The Balaban J connectivity index is 1.69. The van der Waals surface area contributed by atoms with Gasteiger partial charge < -0.3 is 9.64 Å². The fourth-order valence-electron chi connectivity index (χ4n) is 2.69. The van der Waals surface area contributed by atoms with E-state index in [4.69, 9.17) is 16.3 Å². The lowest BCUT2D eigenvalue weighted by Crippen LogP contribution is -2.33. The Bertz CT molecular complexity index is 919. The third-order valence-corrected chi connectivity index (χ3v) is 5.23. The molecule has 3 rings (SSSR count). The minimum atomic E-state index is -3.55. The number of aromatic nitrogens is 2. The average molecular weight is 396 g/mol. The van der Waals surface area contributed by atoms with Crippen LogP contribution in [0.25, 0.3) is 0 Å². The predicted molar refractivity (Wildman–Crippen MR) is 95.8 cm³/mol. The van der Waals surface area contributed by atoms with Crippen LogP contribution in [0.2, 0.25) is 5.15 Å². The number of hydrogen-bond donors (Lipinski definition) is 0. The van der Waals surface area contributed by atoms with Gasteiger partial charge in [-0.15, -0.1) is 0 Å². The van der Waals surface area contributed by atoms with Crippen LogP contribution in [0.1, 0.15) is 16.8 Å². The molecule has 1 aliphatic heterocycles. The summed E-state index contributed by atoms with van der Waals surface area (Å²) in [5.41, 5.74) is 2.15. The van der Waals surface area contributed by atoms with E-state index in [-0.39, 0.29) is 16.9 Å². The number of carbonyl (C=O) groups is 1. The molecule has 9 heteroatoms. The number of nitrogens with zero attached hydrogens (tertiary/aromatic N) is 3. The maximum Gasteiger partial charge on any atom is 0.410 e. The predicted octanol–water partition coefficient (Wildman–Crippen LogP) is 2.27. The molecule has 0 N–H and O–H groups in total. The van der Waals surface area contributed by atoms with Gasteiger partial charge in [0, 0.05) is 31.3 Å². The molecule has 0 fully saturated rings. The smallest absolute Gasteiger partial charge is 0.410 e. The van der Waals surface area contributed by atoms with Crippen LogP contribution >= 0.6 is 11.6 Å². The Morgan fingerprint density at radius 3 is 2.58 bits per heavy atom. The molecule has 0 spiro atoms. The molecular formula is C17H18ClN3O4S. The highest BCUT2D eigenvalue weighted by Crippen LogP contribution is 2.23. The molecule has 1 aromatic heterocycles. The first kappa shape index (κ1) is 18.6. The number of amides is 1. The van der Waals surface area contributed by atoms with Gasteiger partial charge in [0.1, 0.15) is 11.8 Å². The van der Waals surface area contributed by atoms with E-state index in [0.717, 1.165) is 11.8 Å². The van der Waals surface area contributed by atoms with Crippen LogP contribution in [0.4, 0.5) is 4.79 Å². The lowest BCUT2D eigenvalue weighted by molar-refractivity contribution is 0.0977. The Morgan fingerprint density at radius 2 is 1.88 bits per heavy atom. The van der Waals surface area contributed by atoms with Gasteiger partial charge in [0.05, 0.1) is 5.69 Å². The molecule has 0 saturated carbocycles. The Morgan fingerprint density at radius 1 is 1.19 bits per heavy atom. The van der Waals surface area contributed by atoms with Crippen LogP contribution < -0.4 is 0 Å². The monoisotopic (exact) mass is 395 g/mol. The van der Waals surface area contributed by atoms with Gasteiger partial charge in [0.2, 0.25) is 15.0 Å². The van der Waals surface area contributed by atoms with Gasteiger partial charge >= 0.3 is 6.09 Å². The van der Waals surface area contributed by atoms with E-state index in [1.165, 1.54) is 0 Å². The second-order valence-corrected chi connectivity index (χ2v) is 8.29. The summed E-state index contributed by atoms with van der Waals surface area (Å²) in [6.45, 7) is 0.973. The van der Waals surface area contributed by atoms with E-state index in [2.05, 4.69) is 9.97 Å². The number of carbonyl (C=O) groups excluding carboxylic acids is 1. The first-order valence-corrected chi connectivity index (χ1v) is 10.3. The third-order valence-electron chi connectivity index (χ3n) is 4.07. The highest BCUT2D eigenvalue weighted by Gasteiger charge is 2.25. The van der Waals surface area contributed by atoms with Crippen molar-refractivity contribution >= 4 is 27.5 Å². The van der Waals surface area contributed by atoms with Crippen LogP contribution in [-0.2, 0) is 34.0 Å². The molecule has 0 aliphatic carbocycles. The molecule has 138 valence electrons. The topological polar surface area (TPSA) is 89.5 Å². The SMILES string of the molecule is CS(=O)(=O)c1nc(Cl)c2c(n1)CCN(C(=O)OCc1ccccc1)CC2. The summed E-state index contributed by atoms with van der Waals surface area (Å²) >= 11 is 6.14. The summed E-state index contributed by atoms with van der Waals surface area (Å²) in [5.74, 6) is 0. The zero-order valence-electron chi connectivity index (χ0n) is 14.2. The Hall–Kier alpha value is -2.19.